The van der Waals surface area contributed by atoms with Crippen LogP contribution >= 0.6 is 11.3 Å². The smallest absolute Gasteiger partial charge is 0.358 e. The second-order valence-corrected chi connectivity index (χ2v) is 4.18. The number of thiazole rings is 1. The highest BCUT2D eigenvalue weighted by atomic mass is 32.1. The molecule has 2 rings (SSSR count). The van der Waals surface area contributed by atoms with Crippen LogP contribution in [0.2, 0.25) is 0 Å². The monoisotopic (exact) mass is 267 g/mol. The van der Waals surface area contributed by atoms with E-state index in [1.165, 1.54) is 28.4 Å². The molecule has 2 aromatic rings. The van der Waals surface area contributed by atoms with Crippen LogP contribution in [0.1, 0.15) is 20.2 Å². The van der Waals surface area contributed by atoms with Gasteiger partial charge in [-0.25, -0.2) is 9.48 Å². The minimum atomic E-state index is -1.13. The van der Waals surface area contributed by atoms with Crippen molar-refractivity contribution in [3.05, 3.63) is 28.5 Å². The van der Waals surface area contributed by atoms with Gasteiger partial charge in [-0.3, -0.25) is 9.78 Å². The number of carbonyl (C=O) groups is 2. The minimum Gasteiger partial charge on any atom is -0.476 e. The van der Waals surface area contributed by atoms with E-state index in [1.807, 2.05) is 0 Å². The van der Waals surface area contributed by atoms with Crippen molar-refractivity contribution in [2.75, 3.05) is 6.54 Å². The second kappa shape index (κ2) is 5.36. The highest BCUT2D eigenvalue weighted by Gasteiger charge is 2.09. The number of amides is 1. The molecule has 94 valence electrons. The van der Waals surface area contributed by atoms with Gasteiger partial charge in [0.15, 0.2) is 5.69 Å². The van der Waals surface area contributed by atoms with Gasteiger partial charge < -0.3 is 10.4 Å². The second-order valence-electron chi connectivity index (χ2n) is 3.29. The first-order valence-corrected chi connectivity index (χ1v) is 5.85. The van der Waals surface area contributed by atoms with E-state index < -0.39 is 5.97 Å². The number of aromatic nitrogens is 4. The molecule has 0 aliphatic rings. The van der Waals surface area contributed by atoms with E-state index in [-0.39, 0.29) is 11.6 Å². The summed E-state index contributed by atoms with van der Waals surface area (Å²) in [4.78, 5) is 26.4. The van der Waals surface area contributed by atoms with Crippen LogP contribution in [0.15, 0.2) is 17.9 Å². The van der Waals surface area contributed by atoms with E-state index in [0.29, 0.717) is 18.0 Å². The van der Waals surface area contributed by atoms with Crippen LogP contribution in [0.3, 0.4) is 0 Å². The first kappa shape index (κ1) is 12.2. The normalized spacial score (nSPS) is 10.2. The molecule has 0 aromatic carbocycles. The maximum absolute atomic E-state index is 11.5. The molecule has 0 aliphatic heterocycles. The Bertz CT molecular complexity index is 550. The number of hydrogen-bond acceptors (Lipinski definition) is 6. The van der Waals surface area contributed by atoms with Crippen LogP contribution in [-0.4, -0.2) is 43.5 Å². The van der Waals surface area contributed by atoms with Crippen molar-refractivity contribution in [1.29, 1.82) is 0 Å². The summed E-state index contributed by atoms with van der Waals surface area (Å²) < 4.78 is 1.36. The molecular formula is C9H9N5O3S. The summed E-state index contributed by atoms with van der Waals surface area (Å²) >= 11 is 1.25. The van der Waals surface area contributed by atoms with E-state index in [9.17, 15) is 9.59 Å². The van der Waals surface area contributed by atoms with Gasteiger partial charge in [0.2, 0.25) is 0 Å². The number of carboxylic acids is 1. The standard InChI is InChI=1S/C9H9N5O3S/c15-8(7-3-10-5-18-7)11-1-2-14-4-6(9(16)17)12-13-14/h3-5H,1-2H2,(H,11,15)(H,16,17). The third-order valence-corrected chi connectivity index (χ3v) is 2.81. The van der Waals surface area contributed by atoms with E-state index >= 15 is 0 Å². The number of nitrogens with one attached hydrogen (secondary N) is 1. The SMILES string of the molecule is O=C(O)c1cn(CCNC(=O)c2cncs2)nn1. The number of carbonyl (C=O) groups excluding carboxylic acids is 1. The van der Waals surface area contributed by atoms with Crippen molar-refractivity contribution < 1.29 is 14.7 Å². The summed E-state index contributed by atoms with van der Waals surface area (Å²) in [7, 11) is 0. The minimum absolute atomic E-state index is 0.121. The summed E-state index contributed by atoms with van der Waals surface area (Å²) in [5, 5.41) is 18.4. The van der Waals surface area contributed by atoms with Gasteiger partial charge >= 0.3 is 5.97 Å². The molecule has 18 heavy (non-hydrogen) atoms. The molecule has 0 atom stereocenters. The van der Waals surface area contributed by atoms with Gasteiger partial charge in [-0.15, -0.1) is 16.4 Å². The zero-order chi connectivity index (χ0) is 13.0. The Hall–Kier alpha value is -2.29. The molecular weight excluding hydrogens is 258 g/mol. The van der Waals surface area contributed by atoms with Gasteiger partial charge in [-0.2, -0.15) is 0 Å². The summed E-state index contributed by atoms with van der Waals surface area (Å²) in [6, 6.07) is 0. The molecule has 0 bridgehead atoms. The molecule has 2 heterocycles. The average Bonchev–Trinajstić information content (AvgIpc) is 3.00. The third kappa shape index (κ3) is 2.88. The van der Waals surface area contributed by atoms with Gasteiger partial charge in [0, 0.05) is 6.54 Å². The molecule has 0 aliphatic carbocycles. The van der Waals surface area contributed by atoms with Gasteiger partial charge in [0.1, 0.15) is 4.88 Å². The highest BCUT2D eigenvalue weighted by Crippen LogP contribution is 2.04. The summed E-state index contributed by atoms with van der Waals surface area (Å²) in [5.41, 5.74) is 1.45. The van der Waals surface area contributed by atoms with Crippen LogP contribution in [0.5, 0.6) is 0 Å². The zero-order valence-corrected chi connectivity index (χ0v) is 9.92. The van der Waals surface area contributed by atoms with Gasteiger partial charge in [-0.1, -0.05) is 5.21 Å². The molecule has 0 radical (unpaired) electrons. The number of nitrogens with zero attached hydrogens (tertiary/aromatic N) is 4. The fraction of sp³-hybridized carbons (Fsp3) is 0.222. The first-order chi connectivity index (χ1) is 8.66. The molecule has 0 fully saturated rings. The zero-order valence-electron chi connectivity index (χ0n) is 9.11. The van der Waals surface area contributed by atoms with Gasteiger partial charge in [-0.05, 0) is 0 Å². The van der Waals surface area contributed by atoms with E-state index in [0.717, 1.165) is 0 Å². The van der Waals surface area contributed by atoms with Gasteiger partial charge in [0.25, 0.3) is 5.91 Å². The predicted octanol–water partition coefficient (Wildman–Crippen LogP) is -0.137. The van der Waals surface area contributed by atoms with E-state index in [4.69, 9.17) is 5.11 Å². The van der Waals surface area contributed by atoms with Crippen LogP contribution in [0.25, 0.3) is 0 Å². The Kier molecular flexibility index (Phi) is 3.63. The Balaban J connectivity index is 1.81. The summed E-state index contributed by atoms with van der Waals surface area (Å²) in [5.74, 6) is -1.34. The Labute approximate surface area is 105 Å². The van der Waals surface area contributed by atoms with Crippen molar-refractivity contribution in [3.63, 3.8) is 0 Å². The maximum atomic E-state index is 11.5. The molecule has 8 nitrogen and oxygen atoms in total. The maximum Gasteiger partial charge on any atom is 0.358 e. The van der Waals surface area contributed by atoms with Crippen molar-refractivity contribution >= 4 is 23.2 Å². The van der Waals surface area contributed by atoms with Crippen molar-refractivity contribution in [2.24, 2.45) is 0 Å². The number of hydrogen-bond donors (Lipinski definition) is 2. The summed E-state index contributed by atoms with van der Waals surface area (Å²) in [6.45, 7) is 0.685. The highest BCUT2D eigenvalue weighted by molar-refractivity contribution is 7.11. The quantitative estimate of drug-likeness (QED) is 0.780. The number of rotatable bonds is 5. The van der Waals surface area contributed by atoms with Gasteiger partial charge in [0.05, 0.1) is 24.4 Å². The van der Waals surface area contributed by atoms with E-state index in [1.54, 1.807) is 5.51 Å². The molecule has 0 spiro atoms. The number of aromatic carboxylic acids is 1. The molecule has 0 saturated carbocycles. The van der Waals surface area contributed by atoms with Crippen molar-refractivity contribution in [1.82, 2.24) is 25.3 Å². The van der Waals surface area contributed by atoms with Crippen LogP contribution in [0.4, 0.5) is 0 Å². The fourth-order valence-electron chi connectivity index (χ4n) is 1.20. The van der Waals surface area contributed by atoms with E-state index in [2.05, 4.69) is 20.6 Å². The largest absolute Gasteiger partial charge is 0.476 e. The molecule has 0 saturated heterocycles. The molecule has 0 unspecified atom stereocenters. The Morgan fingerprint density at radius 3 is 2.94 bits per heavy atom. The topological polar surface area (TPSA) is 110 Å². The fourth-order valence-corrected chi connectivity index (χ4v) is 1.74. The molecule has 9 heteroatoms. The first-order valence-electron chi connectivity index (χ1n) is 4.97. The lowest BCUT2D eigenvalue weighted by molar-refractivity contribution is 0.0690. The lowest BCUT2D eigenvalue weighted by Crippen LogP contribution is -2.26. The average molecular weight is 267 g/mol. The Morgan fingerprint density at radius 1 is 1.50 bits per heavy atom. The van der Waals surface area contributed by atoms with Crippen LogP contribution in [0, 0.1) is 0 Å². The third-order valence-electron chi connectivity index (χ3n) is 2.04. The molecule has 2 aromatic heterocycles. The lowest BCUT2D eigenvalue weighted by Gasteiger charge is -2.02. The summed E-state index contributed by atoms with van der Waals surface area (Å²) in [6.07, 6.45) is 2.79. The lowest BCUT2D eigenvalue weighted by atomic mass is 10.5. The van der Waals surface area contributed by atoms with Crippen molar-refractivity contribution in [3.8, 4) is 0 Å². The molecule has 2 N–H and O–H groups in total. The molecule has 1 amide bonds. The number of carboxylic acid groups (broad SMARTS) is 1. The van der Waals surface area contributed by atoms with Crippen molar-refractivity contribution in [2.45, 2.75) is 6.54 Å². The predicted molar refractivity (Wildman–Crippen MR) is 61.4 cm³/mol. The Morgan fingerprint density at radius 2 is 2.33 bits per heavy atom. The van der Waals surface area contributed by atoms with Crippen LogP contribution in [-0.2, 0) is 6.54 Å². The van der Waals surface area contributed by atoms with Crippen LogP contribution < -0.4 is 5.32 Å².